The second kappa shape index (κ2) is 40.5. The molecule has 10 amide bonds. The summed E-state index contributed by atoms with van der Waals surface area (Å²) in [5, 5.41) is 39.7. The van der Waals surface area contributed by atoms with Gasteiger partial charge in [-0.15, -0.1) is 17.5 Å². The van der Waals surface area contributed by atoms with E-state index in [0.29, 0.717) is 95.9 Å². The van der Waals surface area contributed by atoms with Gasteiger partial charge >= 0.3 is 24.1 Å². The zero-order valence-electron chi connectivity index (χ0n) is 75.3. The van der Waals surface area contributed by atoms with Crippen molar-refractivity contribution in [3.8, 4) is 57.5 Å². The lowest BCUT2D eigenvalue weighted by atomic mass is 9.94. The molecule has 18 rings (SSSR count). The monoisotopic (exact) mass is 1920 g/mol. The normalized spacial score (nSPS) is 17.3. The van der Waals surface area contributed by atoms with Crippen molar-refractivity contribution in [3.05, 3.63) is 165 Å². The van der Waals surface area contributed by atoms with Crippen molar-refractivity contribution in [3.63, 3.8) is 0 Å². The van der Waals surface area contributed by atoms with E-state index < -0.39 is 87.2 Å². The van der Waals surface area contributed by atoms with Crippen LogP contribution in [0, 0.1) is 11.6 Å². The Morgan fingerprint density at radius 1 is 0.440 bits per heavy atom. The number of hydrogen-bond donors (Lipinski definition) is 8. The summed E-state index contributed by atoms with van der Waals surface area (Å²) < 4.78 is 153. The number of fused-ring (bicyclic) bond motifs is 8. The molecule has 134 heavy (non-hydrogen) atoms. The first-order valence-corrected chi connectivity index (χ1v) is 49.6. The van der Waals surface area contributed by atoms with E-state index in [2.05, 4.69) is 90.7 Å². The number of methoxy groups -OCH3 is 4. The summed E-state index contributed by atoms with van der Waals surface area (Å²) in [4.78, 5) is 84.1. The summed E-state index contributed by atoms with van der Waals surface area (Å²) in [7, 11) is -8.58. The van der Waals surface area contributed by atoms with Crippen LogP contribution >= 0.6 is 0 Å². The number of nitrogens with one attached hydrogen (secondary N) is 6. The van der Waals surface area contributed by atoms with Gasteiger partial charge in [0.2, 0.25) is 47.1 Å². The van der Waals surface area contributed by atoms with Gasteiger partial charge < -0.3 is 59.2 Å². The van der Waals surface area contributed by atoms with Gasteiger partial charge in [-0.2, -0.15) is 20.4 Å². The zero-order valence-corrected chi connectivity index (χ0v) is 78.5. The molecule has 4 unspecified atom stereocenters. The molecule has 8 aliphatic rings. The van der Waals surface area contributed by atoms with Crippen LogP contribution in [0.15, 0.2) is 135 Å². The Kier molecular flexibility index (Phi) is 29.0. The number of hydrogen-bond acceptors (Lipinski definition) is 24. The minimum atomic E-state index is -3.67. The summed E-state index contributed by atoms with van der Waals surface area (Å²) >= 11 is 0. The number of amides is 10. The predicted octanol–water partition coefficient (Wildman–Crippen LogP) is 12.6. The van der Waals surface area contributed by atoms with Crippen molar-refractivity contribution in [2.24, 2.45) is 27.7 Å². The van der Waals surface area contributed by atoms with Crippen molar-refractivity contribution >= 4 is 98.3 Å². The number of carbonyl (C=O) groups is 6. The molecule has 0 bridgehead atoms. The number of halogens is 2. The number of rotatable bonds is 18. The van der Waals surface area contributed by atoms with Crippen LogP contribution in [0.1, 0.15) is 148 Å². The minimum Gasteiger partial charge on any atom is -0.481 e. The smallest absolute Gasteiger partial charge is 0.355 e. The first-order valence-electron chi connectivity index (χ1n) is 43.4. The number of ether oxygens (including phenoxy) is 8. The zero-order chi connectivity index (χ0) is 95.2. The van der Waals surface area contributed by atoms with E-state index >= 15 is 0 Å². The molecule has 4 aliphatic carbocycles. The Balaban J connectivity index is 0.000000136. The summed E-state index contributed by atoms with van der Waals surface area (Å²) in [6.07, 6.45) is 21.1. The molecule has 10 aromatic rings. The highest BCUT2D eigenvalue weighted by molar-refractivity contribution is 7.93. The average molecular weight is 1920 g/mol. The number of nitrogens with zero attached hydrogens (tertiary/aromatic N) is 14. The Bertz CT molecular complexity index is 6390. The molecule has 6 atom stereocenters. The maximum atomic E-state index is 14.5. The molecular weight excluding hydrogens is 1820 g/mol. The Hall–Kier alpha value is -12.9. The second-order valence-corrected chi connectivity index (χ2v) is 40.5. The summed E-state index contributed by atoms with van der Waals surface area (Å²) in [5.74, 6) is -0.858. The van der Waals surface area contributed by atoms with Gasteiger partial charge in [0.1, 0.15) is 56.6 Å². The van der Waals surface area contributed by atoms with E-state index in [4.69, 9.17) is 48.2 Å². The lowest BCUT2D eigenvalue weighted by molar-refractivity contribution is -0.118. The molecule has 0 spiro atoms. The van der Waals surface area contributed by atoms with Gasteiger partial charge in [-0.05, 0) is 192 Å². The number of nitrogens with two attached hydrogens (primary N) is 2. The fourth-order valence-electron chi connectivity index (χ4n) is 17.2. The predicted molar refractivity (Wildman–Crippen MR) is 491 cm³/mol. The van der Waals surface area contributed by atoms with Crippen molar-refractivity contribution in [2.45, 2.75) is 201 Å². The lowest BCUT2D eigenvalue weighted by Gasteiger charge is -2.23. The minimum absolute atomic E-state index is 0.0460. The summed E-state index contributed by atoms with van der Waals surface area (Å²) in [6.45, 7) is 13.2. The molecule has 46 heteroatoms. The van der Waals surface area contributed by atoms with Gasteiger partial charge in [0.05, 0.1) is 76.7 Å². The van der Waals surface area contributed by atoms with Crippen molar-refractivity contribution < 1.29 is 92.3 Å². The largest absolute Gasteiger partial charge is 0.481 e. The molecule has 0 radical (unpaired) electrons. The number of aromatic nitrogens is 10. The quantitative estimate of drug-likeness (QED) is 0.0395. The van der Waals surface area contributed by atoms with Crippen LogP contribution in [0.5, 0.6) is 35.3 Å². The van der Waals surface area contributed by atoms with Gasteiger partial charge in [-0.3, -0.25) is 19.0 Å². The van der Waals surface area contributed by atoms with Gasteiger partial charge in [0, 0.05) is 101 Å². The number of anilines is 4. The SMILES string of the molecule is CO[C@@H]1COc2c(S(=O)(=NC(=O)Nc3c4c(cc5c3CCC5)CCC4)NC(C)=O)cnn2C1.CO[C@@H]1COc2c(S(=O)(=NC(=O)Nc3c4c(cc5c3CCC5)CCC4)NC(C)=O)cnn2C1.COc1cc(-c2cc(F)cc(C(C)C)c2NC(=O)N=S(N)(=O)c2cnn3c2OCCC3)ccn1.COc1cc(-c2cc(F)cc(C(C)C)c2NC(=O)N=S(N)(=O)c2cnn3c2OCCC3)ccn1. The van der Waals surface area contributed by atoms with Crippen LogP contribution in [0.3, 0.4) is 0 Å². The molecule has 712 valence electrons. The number of urea groups is 4. The molecule has 0 fully saturated rings. The molecule has 40 nitrogen and oxygen atoms in total. The Morgan fingerprint density at radius 3 is 1.12 bits per heavy atom. The fourth-order valence-corrected chi connectivity index (χ4v) is 22.2. The van der Waals surface area contributed by atoms with E-state index in [1.165, 1.54) is 130 Å². The van der Waals surface area contributed by atoms with E-state index in [9.17, 15) is 54.4 Å². The molecule has 10 heterocycles. The van der Waals surface area contributed by atoms with Gasteiger partial charge in [-0.25, -0.2) is 83.8 Å². The average Bonchev–Trinajstić information content (AvgIpc) is 1.58. The van der Waals surface area contributed by atoms with E-state index in [1.807, 2.05) is 27.7 Å². The van der Waals surface area contributed by atoms with E-state index in [1.54, 1.807) is 38.5 Å². The summed E-state index contributed by atoms with van der Waals surface area (Å²) in [5.41, 5.74) is 14.8. The molecule has 0 saturated carbocycles. The van der Waals surface area contributed by atoms with Crippen LogP contribution in [-0.4, -0.2) is 169 Å². The molecule has 10 N–H and O–H groups in total. The van der Waals surface area contributed by atoms with Crippen LogP contribution < -0.4 is 69.4 Å². The van der Waals surface area contributed by atoms with Crippen molar-refractivity contribution in [1.82, 2.24) is 58.5 Å². The lowest BCUT2D eigenvalue weighted by Crippen LogP contribution is -2.34. The fraction of sp³-hybridized carbons (Fsp3) is 0.409. The van der Waals surface area contributed by atoms with Gasteiger partial charge in [0.25, 0.3) is 0 Å². The highest BCUT2D eigenvalue weighted by atomic mass is 32.2. The third-order valence-electron chi connectivity index (χ3n) is 23.3. The highest BCUT2D eigenvalue weighted by Crippen LogP contribution is 2.44. The van der Waals surface area contributed by atoms with Gasteiger partial charge in [-0.1, -0.05) is 39.8 Å². The highest BCUT2D eigenvalue weighted by Gasteiger charge is 2.37. The third-order valence-corrected chi connectivity index (χ3v) is 29.7. The van der Waals surface area contributed by atoms with Crippen LogP contribution in [0.25, 0.3) is 22.3 Å². The molecule has 6 aromatic heterocycles. The third kappa shape index (κ3) is 21.0. The number of carbonyl (C=O) groups excluding carboxylic acids is 6. The number of benzene rings is 4. The molecule has 4 aromatic carbocycles. The number of aryl methyl sites for hydroxylation is 6. The Morgan fingerprint density at radius 2 is 0.776 bits per heavy atom. The van der Waals surface area contributed by atoms with Crippen molar-refractivity contribution in [1.29, 1.82) is 0 Å². The first-order chi connectivity index (χ1) is 64.1. The van der Waals surface area contributed by atoms with E-state index in [-0.39, 0.29) is 80.4 Å². The first kappa shape index (κ1) is 95.7. The number of pyridine rings is 2. The molecular formula is C88H104F2N22O18S4. The standard InChI is InChI=1S/2C22H25FN6O4S.2C22H27N5O5S/c2*1-13(2)16-10-15(23)11-17(14-5-6-25-19(9-14)32-3)20(16)27-22(30)28-34(24,31)18-12-26-29-7-4-8-33-21(18)29;2*1-13(28)25-33(30,19-10-23-27-11-16(31-2)12-32-21(19)27)26-22(29)24-20-17-7-3-5-14(17)9-15-6-4-8-18(15)20/h2*5-6,9-13H,4,7-8H2,1-3H3,(H3,24,27,28,30,31);2*9-10,16H,3-8,11-12H2,1-2H3,(H2,24,25,26,28,29,30)/t;;2*16-,33?/m..00/s1. The van der Waals surface area contributed by atoms with Crippen LogP contribution in [0.4, 0.5) is 50.7 Å². The van der Waals surface area contributed by atoms with E-state index in [0.717, 1.165) is 124 Å². The van der Waals surface area contributed by atoms with Gasteiger partial charge in [0.15, 0.2) is 39.7 Å². The van der Waals surface area contributed by atoms with Crippen molar-refractivity contribution in [2.75, 3.05) is 76.1 Å². The van der Waals surface area contributed by atoms with Crippen LogP contribution in [-0.2, 0) is 136 Å². The topological polar surface area (TPSA) is 515 Å². The van der Waals surface area contributed by atoms with Crippen LogP contribution in [0.2, 0.25) is 0 Å². The maximum Gasteiger partial charge on any atom is 0.355 e. The molecule has 4 aliphatic heterocycles. The summed E-state index contributed by atoms with van der Waals surface area (Å²) in [6, 6.07) is 12.9. The maximum absolute atomic E-state index is 14.5. The molecule has 0 saturated heterocycles. The Labute approximate surface area is 772 Å². The second-order valence-electron chi connectivity index (χ2n) is 33.2.